The molecule has 0 saturated heterocycles. The SMILES string of the molecule is CN(CCNC(=O)c1ncoc1-c1ccccc1)C(=O)C1Cc2ccccc21. The smallest absolute Gasteiger partial charge is 0.273 e. The van der Waals surface area contributed by atoms with Crippen molar-refractivity contribution < 1.29 is 14.0 Å². The van der Waals surface area contributed by atoms with Crippen LogP contribution in [0.5, 0.6) is 0 Å². The summed E-state index contributed by atoms with van der Waals surface area (Å²) in [5.41, 5.74) is 3.38. The molecule has 0 bridgehead atoms. The van der Waals surface area contributed by atoms with Crippen LogP contribution in [0.3, 0.4) is 0 Å². The number of nitrogens with zero attached hydrogens (tertiary/aromatic N) is 2. The van der Waals surface area contributed by atoms with Crippen LogP contribution < -0.4 is 5.32 Å². The molecule has 3 aromatic rings. The van der Waals surface area contributed by atoms with E-state index in [0.717, 1.165) is 17.5 Å². The minimum absolute atomic E-state index is 0.0721. The molecule has 1 atom stereocenters. The number of hydrogen-bond donors (Lipinski definition) is 1. The van der Waals surface area contributed by atoms with Crippen molar-refractivity contribution in [1.29, 1.82) is 0 Å². The predicted octanol–water partition coefficient (Wildman–Crippen LogP) is 2.87. The molecule has 1 unspecified atom stereocenters. The number of aromatic nitrogens is 1. The van der Waals surface area contributed by atoms with E-state index in [0.29, 0.717) is 18.8 Å². The first-order valence-electron chi connectivity index (χ1n) is 9.25. The van der Waals surface area contributed by atoms with E-state index in [1.165, 1.54) is 12.0 Å². The Kier molecular flexibility index (Phi) is 4.93. The second kappa shape index (κ2) is 7.68. The maximum absolute atomic E-state index is 12.6. The monoisotopic (exact) mass is 375 g/mol. The van der Waals surface area contributed by atoms with Crippen LogP contribution in [0, 0.1) is 0 Å². The summed E-state index contributed by atoms with van der Waals surface area (Å²) >= 11 is 0. The minimum Gasteiger partial charge on any atom is -0.443 e. The lowest BCUT2D eigenvalue weighted by molar-refractivity contribution is -0.132. The lowest BCUT2D eigenvalue weighted by Gasteiger charge is -2.32. The third kappa shape index (κ3) is 3.41. The standard InChI is InChI=1S/C22H21N3O3/c1-25(22(27)18-13-16-9-5-6-10-17(16)18)12-11-23-21(26)19-20(28-14-24-19)15-7-3-2-4-8-15/h2-10,14,18H,11-13H2,1H3,(H,23,26). The number of carbonyl (C=O) groups excluding carboxylic acids is 2. The van der Waals surface area contributed by atoms with Crippen molar-refractivity contribution in [2.45, 2.75) is 12.3 Å². The Labute approximate surface area is 163 Å². The molecular weight excluding hydrogens is 354 g/mol. The van der Waals surface area contributed by atoms with Gasteiger partial charge >= 0.3 is 0 Å². The van der Waals surface area contributed by atoms with Crippen molar-refractivity contribution in [2.75, 3.05) is 20.1 Å². The van der Waals surface area contributed by atoms with E-state index in [4.69, 9.17) is 4.42 Å². The highest BCUT2D eigenvalue weighted by molar-refractivity contribution is 5.97. The molecule has 1 aliphatic rings. The average molecular weight is 375 g/mol. The van der Waals surface area contributed by atoms with Gasteiger partial charge in [0.05, 0.1) is 5.92 Å². The highest BCUT2D eigenvalue weighted by Gasteiger charge is 2.33. The maximum atomic E-state index is 12.6. The van der Waals surface area contributed by atoms with Crippen LogP contribution in [0.15, 0.2) is 65.4 Å². The Balaban J connectivity index is 1.32. The largest absolute Gasteiger partial charge is 0.443 e. The molecule has 1 aliphatic carbocycles. The third-order valence-corrected chi connectivity index (χ3v) is 5.08. The number of nitrogens with one attached hydrogen (secondary N) is 1. The lowest BCUT2D eigenvalue weighted by Crippen LogP contribution is -2.41. The lowest BCUT2D eigenvalue weighted by atomic mass is 9.77. The molecule has 2 aromatic carbocycles. The van der Waals surface area contributed by atoms with Gasteiger partial charge in [0.2, 0.25) is 5.91 Å². The Morgan fingerprint density at radius 3 is 2.68 bits per heavy atom. The fourth-order valence-electron chi connectivity index (χ4n) is 3.48. The summed E-state index contributed by atoms with van der Waals surface area (Å²) in [4.78, 5) is 30.8. The fraction of sp³-hybridized carbons (Fsp3) is 0.227. The molecule has 2 amide bonds. The quantitative estimate of drug-likeness (QED) is 0.719. The van der Waals surface area contributed by atoms with Gasteiger partial charge in [-0.25, -0.2) is 4.98 Å². The molecule has 142 valence electrons. The van der Waals surface area contributed by atoms with Crippen molar-refractivity contribution >= 4 is 11.8 Å². The number of hydrogen-bond acceptors (Lipinski definition) is 4. The predicted molar refractivity (Wildman–Crippen MR) is 105 cm³/mol. The van der Waals surface area contributed by atoms with Gasteiger partial charge in [-0.2, -0.15) is 0 Å². The molecule has 0 fully saturated rings. The van der Waals surface area contributed by atoms with E-state index in [9.17, 15) is 9.59 Å². The zero-order valence-corrected chi connectivity index (χ0v) is 15.6. The Morgan fingerprint density at radius 1 is 1.14 bits per heavy atom. The van der Waals surface area contributed by atoms with Gasteiger partial charge in [0, 0.05) is 25.7 Å². The van der Waals surface area contributed by atoms with Crippen LogP contribution in [0.1, 0.15) is 27.5 Å². The van der Waals surface area contributed by atoms with Crippen LogP contribution in [0.2, 0.25) is 0 Å². The summed E-state index contributed by atoms with van der Waals surface area (Å²) in [5, 5.41) is 2.82. The van der Waals surface area contributed by atoms with Gasteiger partial charge in [-0.05, 0) is 17.5 Å². The number of likely N-dealkylation sites (N-methyl/N-ethyl adjacent to an activating group) is 1. The van der Waals surface area contributed by atoms with Crippen molar-refractivity contribution in [2.24, 2.45) is 0 Å². The molecule has 6 nitrogen and oxygen atoms in total. The van der Waals surface area contributed by atoms with Gasteiger partial charge < -0.3 is 14.6 Å². The van der Waals surface area contributed by atoms with Crippen molar-refractivity contribution in [3.8, 4) is 11.3 Å². The Hall–Kier alpha value is -3.41. The molecule has 0 spiro atoms. The molecule has 0 radical (unpaired) electrons. The van der Waals surface area contributed by atoms with E-state index in [2.05, 4.69) is 16.4 Å². The first-order chi connectivity index (χ1) is 13.6. The third-order valence-electron chi connectivity index (χ3n) is 5.08. The zero-order valence-electron chi connectivity index (χ0n) is 15.6. The van der Waals surface area contributed by atoms with Crippen LogP contribution >= 0.6 is 0 Å². The topological polar surface area (TPSA) is 75.4 Å². The Bertz CT molecular complexity index is 997. The van der Waals surface area contributed by atoms with Crippen LogP contribution in [0.4, 0.5) is 0 Å². The highest BCUT2D eigenvalue weighted by atomic mass is 16.3. The summed E-state index contributed by atoms with van der Waals surface area (Å²) in [6, 6.07) is 17.4. The molecule has 28 heavy (non-hydrogen) atoms. The highest BCUT2D eigenvalue weighted by Crippen LogP contribution is 2.35. The van der Waals surface area contributed by atoms with Gasteiger partial charge in [0.15, 0.2) is 17.8 Å². The van der Waals surface area contributed by atoms with E-state index >= 15 is 0 Å². The van der Waals surface area contributed by atoms with Gasteiger partial charge in [0.1, 0.15) is 0 Å². The van der Waals surface area contributed by atoms with Crippen LogP contribution in [-0.4, -0.2) is 41.8 Å². The first-order valence-corrected chi connectivity index (χ1v) is 9.25. The first kappa shape index (κ1) is 18.0. The second-order valence-corrected chi connectivity index (χ2v) is 6.87. The molecule has 0 aliphatic heterocycles. The van der Waals surface area contributed by atoms with Gasteiger partial charge in [-0.1, -0.05) is 54.6 Å². The van der Waals surface area contributed by atoms with E-state index in [-0.39, 0.29) is 23.4 Å². The summed E-state index contributed by atoms with van der Waals surface area (Å²) in [7, 11) is 1.76. The van der Waals surface area contributed by atoms with Gasteiger partial charge in [-0.3, -0.25) is 9.59 Å². The molecular formula is C22H21N3O3. The molecule has 4 rings (SSSR count). The summed E-state index contributed by atoms with van der Waals surface area (Å²) in [5.74, 6) is 0.132. The molecule has 1 N–H and O–H groups in total. The average Bonchev–Trinajstić information content (AvgIpc) is 3.19. The summed E-state index contributed by atoms with van der Waals surface area (Å²) in [6.45, 7) is 0.776. The maximum Gasteiger partial charge on any atom is 0.273 e. The number of amides is 2. The molecule has 1 aromatic heterocycles. The molecule has 1 heterocycles. The number of carbonyl (C=O) groups is 2. The van der Waals surface area contributed by atoms with E-state index in [1.54, 1.807) is 11.9 Å². The van der Waals surface area contributed by atoms with E-state index < -0.39 is 0 Å². The van der Waals surface area contributed by atoms with Crippen LogP contribution in [0.25, 0.3) is 11.3 Å². The second-order valence-electron chi connectivity index (χ2n) is 6.87. The van der Waals surface area contributed by atoms with Crippen molar-refractivity contribution in [1.82, 2.24) is 15.2 Å². The van der Waals surface area contributed by atoms with Crippen LogP contribution in [-0.2, 0) is 11.2 Å². The van der Waals surface area contributed by atoms with Gasteiger partial charge in [0.25, 0.3) is 5.91 Å². The molecule has 6 heteroatoms. The summed E-state index contributed by atoms with van der Waals surface area (Å²) in [6.07, 6.45) is 2.05. The molecule has 0 saturated carbocycles. The Morgan fingerprint density at radius 2 is 1.89 bits per heavy atom. The zero-order chi connectivity index (χ0) is 19.5. The number of benzene rings is 2. The number of fused-ring (bicyclic) bond motifs is 1. The summed E-state index contributed by atoms with van der Waals surface area (Å²) < 4.78 is 5.39. The fourth-order valence-corrected chi connectivity index (χ4v) is 3.48. The minimum atomic E-state index is -0.317. The number of rotatable bonds is 6. The van der Waals surface area contributed by atoms with E-state index in [1.807, 2.05) is 48.5 Å². The van der Waals surface area contributed by atoms with Crippen molar-refractivity contribution in [3.05, 3.63) is 77.8 Å². The normalized spacial score (nSPS) is 14.7. The van der Waals surface area contributed by atoms with Gasteiger partial charge in [-0.15, -0.1) is 0 Å². The van der Waals surface area contributed by atoms with Crippen molar-refractivity contribution in [3.63, 3.8) is 0 Å². The number of oxazole rings is 1.